The lowest BCUT2D eigenvalue weighted by Gasteiger charge is -2.15. The molecular formula is C25H26ClN3O6S2. The van der Waals surface area contributed by atoms with Gasteiger partial charge in [0.25, 0.3) is 15.9 Å². The molecule has 1 amide bonds. The van der Waals surface area contributed by atoms with E-state index in [4.69, 9.17) is 16.3 Å². The van der Waals surface area contributed by atoms with Crippen LogP contribution in [0.5, 0.6) is 5.75 Å². The summed E-state index contributed by atoms with van der Waals surface area (Å²) in [6, 6.07) is 18.5. The highest BCUT2D eigenvalue weighted by Gasteiger charge is 2.27. The van der Waals surface area contributed by atoms with Gasteiger partial charge in [0.2, 0.25) is 10.0 Å². The largest absolute Gasteiger partial charge is 0.492 e. The number of para-hydroxylation sites is 1. The second-order valence-electron chi connectivity index (χ2n) is 8.30. The Kier molecular flexibility index (Phi) is 8.38. The lowest BCUT2D eigenvalue weighted by atomic mass is 10.2. The van der Waals surface area contributed by atoms with Crippen LogP contribution in [0, 0.1) is 0 Å². The van der Waals surface area contributed by atoms with Gasteiger partial charge in [0.15, 0.2) is 0 Å². The van der Waals surface area contributed by atoms with Crippen molar-refractivity contribution in [2.24, 2.45) is 0 Å². The van der Waals surface area contributed by atoms with Crippen LogP contribution in [0.25, 0.3) is 0 Å². The SMILES string of the molecule is O=C(NCCOc1ccc(S(=O)(=O)N2CCCC2)cc1)c1ccc(Cl)c(S(=O)(=O)Nc2ccccc2)c1. The number of ether oxygens (including phenoxy) is 1. The second kappa shape index (κ2) is 11.5. The van der Waals surface area contributed by atoms with Crippen molar-refractivity contribution < 1.29 is 26.4 Å². The zero-order valence-electron chi connectivity index (χ0n) is 19.8. The van der Waals surface area contributed by atoms with E-state index in [0.717, 1.165) is 12.8 Å². The van der Waals surface area contributed by atoms with E-state index >= 15 is 0 Å². The van der Waals surface area contributed by atoms with Gasteiger partial charge in [-0.15, -0.1) is 0 Å². The van der Waals surface area contributed by atoms with Gasteiger partial charge < -0.3 is 10.1 Å². The predicted octanol–water partition coefficient (Wildman–Crippen LogP) is 3.73. The molecule has 1 heterocycles. The fraction of sp³-hybridized carbons (Fsp3) is 0.240. The molecule has 0 unspecified atom stereocenters. The third-order valence-electron chi connectivity index (χ3n) is 5.69. The van der Waals surface area contributed by atoms with Crippen LogP contribution in [0.2, 0.25) is 5.02 Å². The van der Waals surface area contributed by atoms with E-state index in [9.17, 15) is 21.6 Å². The molecule has 0 aromatic heterocycles. The van der Waals surface area contributed by atoms with Gasteiger partial charge in [0.1, 0.15) is 17.3 Å². The van der Waals surface area contributed by atoms with Gasteiger partial charge >= 0.3 is 0 Å². The van der Waals surface area contributed by atoms with Crippen molar-refractivity contribution in [1.29, 1.82) is 0 Å². The zero-order chi connectivity index (χ0) is 26.5. The summed E-state index contributed by atoms with van der Waals surface area (Å²) >= 11 is 6.11. The molecule has 0 bridgehead atoms. The number of carbonyl (C=O) groups excluding carboxylic acids is 1. The van der Waals surface area contributed by atoms with Crippen molar-refractivity contribution in [2.45, 2.75) is 22.6 Å². The standard InChI is InChI=1S/C25H26ClN3O6S2/c26-23-13-8-19(18-24(23)36(31,32)28-20-6-2-1-3-7-20)25(30)27-14-17-35-21-9-11-22(12-10-21)37(33,34)29-15-4-5-16-29/h1-3,6-13,18,28H,4-5,14-17H2,(H,27,30). The van der Waals surface area contributed by atoms with Crippen LogP contribution in [0.15, 0.2) is 82.6 Å². The Hall–Kier alpha value is -3.12. The van der Waals surface area contributed by atoms with Crippen molar-refractivity contribution in [3.63, 3.8) is 0 Å². The van der Waals surface area contributed by atoms with Gasteiger partial charge in [-0.25, -0.2) is 16.8 Å². The maximum Gasteiger partial charge on any atom is 0.263 e. The van der Waals surface area contributed by atoms with Crippen molar-refractivity contribution in [3.8, 4) is 5.75 Å². The first-order valence-electron chi connectivity index (χ1n) is 11.6. The lowest BCUT2D eigenvalue weighted by Crippen LogP contribution is -2.28. The van der Waals surface area contributed by atoms with Crippen molar-refractivity contribution >= 4 is 43.2 Å². The highest BCUT2D eigenvalue weighted by molar-refractivity contribution is 7.92. The van der Waals surface area contributed by atoms with Crippen LogP contribution in [0.1, 0.15) is 23.2 Å². The Morgan fingerprint density at radius 1 is 0.919 bits per heavy atom. The summed E-state index contributed by atoms with van der Waals surface area (Å²) in [6.07, 6.45) is 1.73. The summed E-state index contributed by atoms with van der Waals surface area (Å²) in [4.78, 5) is 12.6. The average molecular weight is 564 g/mol. The average Bonchev–Trinajstić information content (AvgIpc) is 3.43. The smallest absolute Gasteiger partial charge is 0.263 e. The number of sulfonamides is 2. The van der Waals surface area contributed by atoms with Crippen LogP contribution in [-0.4, -0.2) is 53.3 Å². The minimum Gasteiger partial charge on any atom is -0.492 e. The van der Waals surface area contributed by atoms with Gasteiger partial charge in [0.05, 0.1) is 16.5 Å². The molecule has 0 spiro atoms. The fourth-order valence-electron chi connectivity index (χ4n) is 3.79. The number of hydrogen-bond acceptors (Lipinski definition) is 6. The first-order chi connectivity index (χ1) is 17.7. The lowest BCUT2D eigenvalue weighted by molar-refractivity contribution is 0.0946. The molecule has 1 fully saturated rings. The maximum atomic E-state index is 12.8. The third kappa shape index (κ3) is 6.61. The minimum atomic E-state index is -4.01. The number of amides is 1. The molecule has 4 rings (SSSR count). The van der Waals surface area contributed by atoms with E-state index in [1.54, 1.807) is 42.5 Å². The number of nitrogens with one attached hydrogen (secondary N) is 2. The Labute approximate surface area is 221 Å². The highest BCUT2D eigenvalue weighted by Crippen LogP contribution is 2.25. The second-order valence-corrected chi connectivity index (χ2v) is 12.3. The number of benzene rings is 3. The Balaban J connectivity index is 1.32. The molecule has 196 valence electrons. The molecule has 0 atom stereocenters. The number of rotatable bonds is 10. The monoisotopic (exact) mass is 563 g/mol. The summed E-state index contributed by atoms with van der Waals surface area (Å²) < 4.78 is 60.3. The van der Waals surface area contributed by atoms with Crippen LogP contribution < -0.4 is 14.8 Å². The predicted molar refractivity (Wildman–Crippen MR) is 141 cm³/mol. The van der Waals surface area contributed by atoms with Crippen LogP contribution in [-0.2, 0) is 20.0 Å². The zero-order valence-corrected chi connectivity index (χ0v) is 22.2. The Morgan fingerprint density at radius 2 is 1.59 bits per heavy atom. The molecular weight excluding hydrogens is 538 g/mol. The fourth-order valence-corrected chi connectivity index (χ4v) is 6.89. The van der Waals surface area contributed by atoms with E-state index in [1.165, 1.54) is 34.6 Å². The summed E-state index contributed by atoms with van der Waals surface area (Å²) in [5.74, 6) is -0.0371. The molecule has 0 saturated carbocycles. The highest BCUT2D eigenvalue weighted by atomic mass is 35.5. The minimum absolute atomic E-state index is 0.0153. The van der Waals surface area contributed by atoms with Crippen LogP contribution in [0.4, 0.5) is 5.69 Å². The van der Waals surface area contributed by atoms with Gasteiger partial charge in [-0.2, -0.15) is 4.31 Å². The van der Waals surface area contributed by atoms with Crippen molar-refractivity contribution in [3.05, 3.63) is 83.4 Å². The number of hydrogen-bond donors (Lipinski definition) is 2. The van der Waals surface area contributed by atoms with E-state index in [2.05, 4.69) is 10.0 Å². The Morgan fingerprint density at radius 3 is 2.27 bits per heavy atom. The van der Waals surface area contributed by atoms with E-state index < -0.39 is 26.0 Å². The first kappa shape index (κ1) is 26.9. The number of anilines is 1. The molecule has 3 aromatic rings. The quantitative estimate of drug-likeness (QED) is 0.362. The molecule has 2 N–H and O–H groups in total. The summed E-state index contributed by atoms with van der Waals surface area (Å²) in [5.41, 5.74) is 0.488. The van der Waals surface area contributed by atoms with Crippen molar-refractivity contribution in [1.82, 2.24) is 9.62 Å². The molecule has 1 aliphatic rings. The normalized spacial score (nSPS) is 14.3. The number of nitrogens with zero attached hydrogens (tertiary/aromatic N) is 1. The third-order valence-corrected chi connectivity index (χ3v) is 9.47. The molecule has 37 heavy (non-hydrogen) atoms. The first-order valence-corrected chi connectivity index (χ1v) is 14.9. The van der Waals surface area contributed by atoms with E-state index in [-0.39, 0.29) is 33.5 Å². The van der Waals surface area contributed by atoms with E-state index in [0.29, 0.717) is 24.5 Å². The van der Waals surface area contributed by atoms with Gasteiger partial charge in [-0.1, -0.05) is 29.8 Å². The van der Waals surface area contributed by atoms with E-state index in [1.807, 2.05) is 0 Å². The molecule has 0 aliphatic carbocycles. The van der Waals surface area contributed by atoms with Gasteiger partial charge in [-0.3, -0.25) is 9.52 Å². The van der Waals surface area contributed by atoms with Crippen LogP contribution in [0.3, 0.4) is 0 Å². The molecule has 1 aliphatic heterocycles. The molecule has 12 heteroatoms. The van der Waals surface area contributed by atoms with Crippen molar-refractivity contribution in [2.75, 3.05) is 31.0 Å². The number of carbonyl (C=O) groups is 1. The molecule has 0 radical (unpaired) electrons. The van der Waals surface area contributed by atoms with Gasteiger partial charge in [0, 0.05) is 24.3 Å². The number of halogens is 1. The molecule has 1 saturated heterocycles. The topological polar surface area (TPSA) is 122 Å². The Bertz CT molecular complexity index is 1460. The summed E-state index contributed by atoms with van der Waals surface area (Å²) in [7, 11) is -7.51. The van der Waals surface area contributed by atoms with Crippen LogP contribution >= 0.6 is 11.6 Å². The molecule has 9 nitrogen and oxygen atoms in total. The maximum absolute atomic E-state index is 12.8. The molecule has 3 aromatic carbocycles. The van der Waals surface area contributed by atoms with Gasteiger partial charge in [-0.05, 0) is 67.4 Å². The summed E-state index contributed by atoms with van der Waals surface area (Å²) in [5, 5.41) is 2.65. The summed E-state index contributed by atoms with van der Waals surface area (Å²) in [6.45, 7) is 1.33.